The van der Waals surface area contributed by atoms with Crippen LogP contribution in [0, 0.1) is 5.92 Å². The van der Waals surface area contributed by atoms with Crippen molar-refractivity contribution in [1.29, 1.82) is 0 Å². The van der Waals surface area contributed by atoms with Crippen molar-refractivity contribution in [1.82, 2.24) is 0 Å². The molecule has 0 bridgehead atoms. The molecule has 4 rings (SSSR count). The van der Waals surface area contributed by atoms with Crippen LogP contribution in [0.15, 0.2) is 54.6 Å². The van der Waals surface area contributed by atoms with Gasteiger partial charge in [0.1, 0.15) is 4.33 Å². The van der Waals surface area contributed by atoms with Crippen LogP contribution in [0.4, 0.5) is 17.1 Å². The lowest BCUT2D eigenvalue weighted by Crippen LogP contribution is -2.18. The Bertz CT molecular complexity index is 1410. The highest BCUT2D eigenvalue weighted by Gasteiger charge is 2.67. The van der Waals surface area contributed by atoms with Gasteiger partial charge in [-0.3, -0.25) is 14.4 Å². The van der Waals surface area contributed by atoms with Gasteiger partial charge in [0.25, 0.3) is 5.91 Å². The number of nitrogens with one attached hydrogen (secondary N) is 3. The quantitative estimate of drug-likeness (QED) is 0.242. The van der Waals surface area contributed by atoms with E-state index in [0.29, 0.717) is 28.4 Å². The second-order valence-electron chi connectivity index (χ2n) is 8.54. The molecule has 12 heteroatoms. The first-order valence-electron chi connectivity index (χ1n) is 11.1. The number of carbonyl (C=O) groups excluding carboxylic acids is 3. The van der Waals surface area contributed by atoms with Gasteiger partial charge in [-0.05, 0) is 60.2 Å². The van der Waals surface area contributed by atoms with Crippen LogP contribution in [-0.4, -0.2) is 29.2 Å². The van der Waals surface area contributed by atoms with Crippen LogP contribution in [0.25, 0.3) is 0 Å². The van der Waals surface area contributed by atoms with Crippen molar-refractivity contribution in [2.24, 2.45) is 5.92 Å². The van der Waals surface area contributed by atoms with Crippen LogP contribution in [-0.2, 0) is 9.59 Å². The van der Waals surface area contributed by atoms with E-state index in [-0.39, 0.29) is 26.5 Å². The molecule has 3 aromatic rings. The molecule has 3 aromatic carbocycles. The first-order valence-corrected chi connectivity index (χ1v) is 13.0. The first-order chi connectivity index (χ1) is 17.9. The summed E-state index contributed by atoms with van der Waals surface area (Å²) in [5, 5.41) is 8.84. The minimum atomic E-state index is -1.39. The lowest BCUT2D eigenvalue weighted by atomic mass is 10.1. The van der Waals surface area contributed by atoms with Gasteiger partial charge >= 0.3 is 0 Å². The molecule has 0 radical (unpaired) electrons. The maximum Gasteiger partial charge on any atom is 0.257 e. The van der Waals surface area contributed by atoms with Crippen LogP contribution >= 0.6 is 58.0 Å². The van der Waals surface area contributed by atoms with Crippen molar-refractivity contribution in [3.63, 3.8) is 0 Å². The number of rotatable bonds is 7. The highest BCUT2D eigenvalue weighted by molar-refractivity contribution is 6.53. The molecule has 38 heavy (non-hydrogen) atoms. The molecule has 0 saturated heterocycles. The fourth-order valence-corrected chi connectivity index (χ4v) is 5.75. The molecule has 3 amide bonds. The maximum absolute atomic E-state index is 13.1. The molecular formula is C26H20Cl5N3O4. The Hall–Kier alpha value is -2.68. The Labute approximate surface area is 243 Å². The van der Waals surface area contributed by atoms with Crippen molar-refractivity contribution < 1.29 is 19.1 Å². The van der Waals surface area contributed by atoms with Crippen LogP contribution in [0.3, 0.4) is 0 Å². The molecule has 1 aliphatic carbocycles. The van der Waals surface area contributed by atoms with Gasteiger partial charge in [-0.15, -0.1) is 23.2 Å². The van der Waals surface area contributed by atoms with Crippen LogP contribution in [0.2, 0.25) is 15.1 Å². The minimum absolute atomic E-state index is 0.138. The average molecular weight is 616 g/mol. The fraction of sp³-hybridized carbons (Fsp3) is 0.192. The number of halogens is 5. The summed E-state index contributed by atoms with van der Waals surface area (Å²) < 4.78 is 3.78. The third kappa shape index (κ3) is 5.98. The van der Waals surface area contributed by atoms with E-state index in [9.17, 15) is 14.4 Å². The molecule has 0 spiro atoms. The Morgan fingerprint density at radius 1 is 0.789 bits per heavy atom. The van der Waals surface area contributed by atoms with E-state index in [1.807, 2.05) is 0 Å². The standard InChI is InChI=1S/C26H20Cl5N3O4/c1-12(35)32-14-3-5-15(6-4-14)33-24(36)17-11-16(7-8-18(17)27)34-25(37)22-21(26(22,30)31)13-9-19(28)23(38-2)20(29)10-13/h3-11,21-22H,1-2H3,(H,32,35)(H,33,36)(H,34,37)/t21-,22+/m1/s1. The van der Waals surface area contributed by atoms with Crippen LogP contribution in [0.1, 0.15) is 28.8 Å². The summed E-state index contributed by atoms with van der Waals surface area (Å²) in [5.41, 5.74) is 2.13. The molecule has 0 unspecified atom stereocenters. The van der Waals surface area contributed by atoms with Gasteiger partial charge in [-0.1, -0.05) is 34.8 Å². The zero-order valence-electron chi connectivity index (χ0n) is 19.9. The molecule has 0 heterocycles. The van der Waals surface area contributed by atoms with Crippen molar-refractivity contribution in [3.8, 4) is 5.75 Å². The maximum atomic E-state index is 13.1. The van der Waals surface area contributed by atoms with Crippen molar-refractivity contribution >= 4 is 92.8 Å². The van der Waals surface area contributed by atoms with Gasteiger partial charge in [0, 0.05) is 29.9 Å². The zero-order valence-corrected chi connectivity index (χ0v) is 23.7. The highest BCUT2D eigenvalue weighted by Crippen LogP contribution is 2.65. The van der Waals surface area contributed by atoms with Crippen molar-refractivity contribution in [2.45, 2.75) is 17.2 Å². The Morgan fingerprint density at radius 2 is 1.34 bits per heavy atom. The number of carbonyl (C=O) groups is 3. The van der Waals surface area contributed by atoms with Gasteiger partial charge in [0.15, 0.2) is 5.75 Å². The van der Waals surface area contributed by atoms with Crippen molar-refractivity contribution in [3.05, 3.63) is 80.8 Å². The molecular weight excluding hydrogens is 596 g/mol. The van der Waals surface area contributed by atoms with E-state index in [0.717, 1.165) is 0 Å². The van der Waals surface area contributed by atoms with E-state index in [2.05, 4.69) is 16.0 Å². The number of methoxy groups -OCH3 is 1. The minimum Gasteiger partial charge on any atom is -0.494 e. The average Bonchev–Trinajstić information content (AvgIpc) is 3.43. The SMILES string of the molecule is COc1c(Cl)cc([C@@H]2[C@@H](C(=O)Nc3ccc(Cl)c(C(=O)Nc4ccc(NC(C)=O)cc4)c3)C2(Cl)Cl)cc1Cl. The molecule has 0 aromatic heterocycles. The third-order valence-electron chi connectivity index (χ3n) is 5.86. The van der Waals surface area contributed by atoms with Gasteiger partial charge in [-0.2, -0.15) is 0 Å². The second-order valence-corrected chi connectivity index (χ2v) is 11.2. The Balaban J connectivity index is 1.48. The number of anilines is 3. The molecule has 198 valence electrons. The second kappa shape index (κ2) is 11.2. The summed E-state index contributed by atoms with van der Waals surface area (Å²) in [7, 11) is 1.44. The molecule has 0 aliphatic heterocycles. The molecule has 1 fully saturated rings. The summed E-state index contributed by atoms with van der Waals surface area (Å²) in [6.45, 7) is 1.40. The number of ether oxygens (including phenoxy) is 1. The topological polar surface area (TPSA) is 96.5 Å². The summed E-state index contributed by atoms with van der Waals surface area (Å²) in [5.74, 6) is -2.21. The van der Waals surface area contributed by atoms with E-state index in [4.69, 9.17) is 62.7 Å². The van der Waals surface area contributed by atoms with E-state index in [1.165, 1.54) is 26.2 Å². The summed E-state index contributed by atoms with van der Waals surface area (Å²) in [4.78, 5) is 37.2. The van der Waals surface area contributed by atoms with Gasteiger partial charge in [-0.25, -0.2) is 0 Å². The number of amides is 3. The molecule has 7 nitrogen and oxygen atoms in total. The fourth-order valence-electron chi connectivity index (χ4n) is 4.06. The highest BCUT2D eigenvalue weighted by atomic mass is 35.5. The number of hydrogen-bond acceptors (Lipinski definition) is 4. The Kier molecular flexibility index (Phi) is 8.35. The predicted molar refractivity (Wildman–Crippen MR) is 152 cm³/mol. The monoisotopic (exact) mass is 613 g/mol. The van der Waals surface area contributed by atoms with Gasteiger partial charge in [0.2, 0.25) is 11.8 Å². The summed E-state index contributed by atoms with van der Waals surface area (Å²) in [6, 6.07) is 14.3. The molecule has 3 N–H and O–H groups in total. The van der Waals surface area contributed by atoms with E-state index < -0.39 is 28.0 Å². The lowest BCUT2D eigenvalue weighted by molar-refractivity contribution is -0.117. The number of alkyl halides is 2. The van der Waals surface area contributed by atoms with E-state index in [1.54, 1.807) is 42.5 Å². The number of benzene rings is 3. The number of hydrogen-bond donors (Lipinski definition) is 3. The van der Waals surface area contributed by atoms with Gasteiger partial charge < -0.3 is 20.7 Å². The van der Waals surface area contributed by atoms with Crippen LogP contribution < -0.4 is 20.7 Å². The molecule has 2 atom stereocenters. The van der Waals surface area contributed by atoms with Crippen molar-refractivity contribution in [2.75, 3.05) is 23.1 Å². The summed E-state index contributed by atoms with van der Waals surface area (Å²) >= 11 is 31.7. The normalized spacial score (nSPS) is 17.3. The third-order valence-corrected chi connectivity index (χ3v) is 7.69. The van der Waals surface area contributed by atoms with Gasteiger partial charge in [0.05, 0.1) is 33.7 Å². The predicted octanol–water partition coefficient (Wildman–Crippen LogP) is 7.39. The zero-order chi connectivity index (χ0) is 27.8. The lowest BCUT2D eigenvalue weighted by Gasteiger charge is -2.11. The molecule has 1 aliphatic rings. The summed E-state index contributed by atoms with van der Waals surface area (Å²) in [6.07, 6.45) is 0. The van der Waals surface area contributed by atoms with E-state index >= 15 is 0 Å². The molecule has 1 saturated carbocycles. The Morgan fingerprint density at radius 3 is 1.89 bits per heavy atom. The first kappa shape index (κ1) is 28.3. The smallest absolute Gasteiger partial charge is 0.257 e. The van der Waals surface area contributed by atoms with Crippen LogP contribution in [0.5, 0.6) is 5.75 Å². The largest absolute Gasteiger partial charge is 0.494 e.